The third-order valence-corrected chi connectivity index (χ3v) is 2.88. The van der Waals surface area contributed by atoms with Crippen molar-refractivity contribution in [3.8, 4) is 0 Å². The van der Waals surface area contributed by atoms with Gasteiger partial charge < -0.3 is 10.4 Å². The predicted molar refractivity (Wildman–Crippen MR) is 71.8 cm³/mol. The molecule has 0 aliphatic carbocycles. The fourth-order valence-corrected chi connectivity index (χ4v) is 1.91. The van der Waals surface area contributed by atoms with Crippen LogP contribution in [-0.4, -0.2) is 11.1 Å². The van der Waals surface area contributed by atoms with Gasteiger partial charge in [0.1, 0.15) is 11.6 Å². The van der Waals surface area contributed by atoms with E-state index in [1.54, 1.807) is 13.0 Å². The van der Waals surface area contributed by atoms with Gasteiger partial charge in [-0.15, -0.1) is 0 Å². The zero-order valence-corrected chi connectivity index (χ0v) is 10.8. The van der Waals surface area contributed by atoms with Crippen molar-refractivity contribution >= 4 is 11.7 Å². The molecule has 3 nitrogen and oxygen atoms in total. The monoisotopic (exact) mass is 277 g/mol. The van der Waals surface area contributed by atoms with E-state index in [1.165, 1.54) is 24.3 Å². The topological polar surface area (TPSA) is 49.3 Å². The third-order valence-electron chi connectivity index (χ3n) is 2.88. The van der Waals surface area contributed by atoms with Crippen molar-refractivity contribution in [1.82, 2.24) is 0 Å². The minimum Gasteiger partial charge on any atom is -0.478 e. The van der Waals surface area contributed by atoms with Crippen molar-refractivity contribution in [3.05, 3.63) is 64.7 Å². The maximum absolute atomic E-state index is 13.0. The predicted octanol–water partition coefficient (Wildman–Crippen LogP) is 3.58. The average Bonchev–Trinajstić information content (AvgIpc) is 2.36. The van der Waals surface area contributed by atoms with Gasteiger partial charge in [0.2, 0.25) is 0 Å². The first-order valence-electron chi connectivity index (χ1n) is 5.98. The van der Waals surface area contributed by atoms with Crippen LogP contribution in [-0.2, 0) is 6.54 Å². The Morgan fingerprint density at radius 1 is 1.15 bits per heavy atom. The molecule has 2 aromatic carbocycles. The summed E-state index contributed by atoms with van der Waals surface area (Å²) in [4.78, 5) is 10.8. The quantitative estimate of drug-likeness (QED) is 0.898. The van der Waals surface area contributed by atoms with Gasteiger partial charge in [0, 0.05) is 18.3 Å². The minimum atomic E-state index is -0.994. The maximum atomic E-state index is 13.0. The number of halogens is 2. The second kappa shape index (κ2) is 5.69. The number of hydrogen-bond donors (Lipinski definition) is 2. The molecule has 0 radical (unpaired) electrons. The van der Waals surface area contributed by atoms with E-state index in [2.05, 4.69) is 5.32 Å². The van der Waals surface area contributed by atoms with Crippen LogP contribution in [0.25, 0.3) is 0 Å². The highest BCUT2D eigenvalue weighted by molar-refractivity contribution is 5.88. The molecule has 2 rings (SSSR count). The van der Waals surface area contributed by atoms with Gasteiger partial charge in [0.25, 0.3) is 0 Å². The number of aromatic carboxylic acids is 1. The first-order valence-corrected chi connectivity index (χ1v) is 5.98. The van der Waals surface area contributed by atoms with E-state index in [4.69, 9.17) is 5.11 Å². The lowest BCUT2D eigenvalue weighted by Gasteiger charge is -2.10. The van der Waals surface area contributed by atoms with Crippen LogP contribution >= 0.6 is 0 Å². The van der Waals surface area contributed by atoms with Gasteiger partial charge in [0.15, 0.2) is 0 Å². The van der Waals surface area contributed by atoms with Gasteiger partial charge in [-0.2, -0.15) is 0 Å². The molecular weight excluding hydrogens is 264 g/mol. The van der Waals surface area contributed by atoms with Crippen molar-refractivity contribution in [2.24, 2.45) is 0 Å². The zero-order valence-electron chi connectivity index (χ0n) is 10.8. The summed E-state index contributed by atoms with van der Waals surface area (Å²) in [5.41, 5.74) is 2.15. The van der Waals surface area contributed by atoms with Crippen LogP contribution in [0.1, 0.15) is 21.5 Å². The highest BCUT2D eigenvalue weighted by Crippen LogP contribution is 2.18. The van der Waals surface area contributed by atoms with Crippen LogP contribution < -0.4 is 5.32 Å². The van der Waals surface area contributed by atoms with E-state index in [1.807, 2.05) is 0 Å². The Bertz CT molecular complexity index is 636. The van der Waals surface area contributed by atoms with Gasteiger partial charge in [-0.1, -0.05) is 0 Å². The van der Waals surface area contributed by atoms with Crippen LogP contribution in [0.4, 0.5) is 14.5 Å². The van der Waals surface area contributed by atoms with E-state index < -0.39 is 17.6 Å². The number of hydrogen-bond acceptors (Lipinski definition) is 2. The Labute approximate surface area is 114 Å². The maximum Gasteiger partial charge on any atom is 0.335 e. The molecule has 104 valence electrons. The number of benzene rings is 2. The molecule has 0 spiro atoms. The summed E-state index contributed by atoms with van der Waals surface area (Å²) >= 11 is 0. The number of aryl methyl sites for hydroxylation is 1. The van der Waals surface area contributed by atoms with Gasteiger partial charge in [-0.25, -0.2) is 13.6 Å². The molecule has 2 aromatic rings. The van der Waals surface area contributed by atoms with Crippen LogP contribution in [0.2, 0.25) is 0 Å². The summed E-state index contributed by atoms with van der Waals surface area (Å²) in [5, 5.41) is 11.9. The summed E-state index contributed by atoms with van der Waals surface area (Å²) in [6.07, 6.45) is 0. The van der Waals surface area contributed by atoms with Gasteiger partial charge >= 0.3 is 5.97 Å². The summed E-state index contributed by atoms with van der Waals surface area (Å²) in [6, 6.07) is 7.96. The number of carbonyl (C=O) groups is 1. The number of rotatable bonds is 4. The fourth-order valence-electron chi connectivity index (χ4n) is 1.91. The van der Waals surface area contributed by atoms with Crippen molar-refractivity contribution in [2.45, 2.75) is 13.5 Å². The average molecular weight is 277 g/mol. The first-order chi connectivity index (χ1) is 9.45. The second-order valence-corrected chi connectivity index (χ2v) is 4.47. The van der Waals surface area contributed by atoms with Gasteiger partial charge in [0.05, 0.1) is 5.56 Å². The van der Waals surface area contributed by atoms with Crippen molar-refractivity contribution < 1.29 is 18.7 Å². The molecule has 0 aliphatic heterocycles. The molecule has 0 aliphatic rings. The van der Waals surface area contributed by atoms with Crippen LogP contribution in [0.3, 0.4) is 0 Å². The highest BCUT2D eigenvalue weighted by Gasteiger charge is 2.06. The van der Waals surface area contributed by atoms with Gasteiger partial charge in [-0.3, -0.25) is 0 Å². The lowest BCUT2D eigenvalue weighted by Crippen LogP contribution is -2.04. The Morgan fingerprint density at radius 2 is 1.80 bits per heavy atom. The van der Waals surface area contributed by atoms with Crippen molar-refractivity contribution in [2.75, 3.05) is 5.32 Å². The van der Waals surface area contributed by atoms with E-state index in [0.29, 0.717) is 5.56 Å². The second-order valence-electron chi connectivity index (χ2n) is 4.47. The summed E-state index contributed by atoms with van der Waals surface area (Å²) in [6.45, 7) is 2.02. The normalized spacial score (nSPS) is 10.3. The number of carboxylic acids is 1. The zero-order chi connectivity index (χ0) is 14.7. The molecule has 20 heavy (non-hydrogen) atoms. The summed E-state index contributed by atoms with van der Waals surface area (Å²) < 4.78 is 26.1. The number of nitrogens with one attached hydrogen (secondary N) is 1. The first kappa shape index (κ1) is 14.0. The lowest BCUT2D eigenvalue weighted by molar-refractivity contribution is 0.0697. The molecule has 0 amide bonds. The molecule has 0 saturated carbocycles. The molecule has 2 N–H and O–H groups in total. The van der Waals surface area contributed by atoms with Gasteiger partial charge in [-0.05, 0) is 48.4 Å². The van der Waals surface area contributed by atoms with Crippen molar-refractivity contribution in [3.63, 3.8) is 0 Å². The molecule has 0 saturated heterocycles. The SMILES string of the molecule is Cc1cc(C(=O)O)ccc1NCc1cc(F)cc(F)c1. The molecule has 5 heteroatoms. The molecule has 0 unspecified atom stereocenters. The molecule has 0 aromatic heterocycles. The lowest BCUT2D eigenvalue weighted by atomic mass is 10.1. The standard InChI is InChI=1S/C15H13F2NO2/c1-9-4-11(15(19)20)2-3-14(9)18-8-10-5-12(16)7-13(17)6-10/h2-7,18H,8H2,1H3,(H,19,20). The van der Waals surface area contributed by atoms with Crippen LogP contribution in [0.15, 0.2) is 36.4 Å². The smallest absolute Gasteiger partial charge is 0.335 e. The summed E-state index contributed by atoms with van der Waals surface area (Å²) in [5.74, 6) is -2.24. The van der Waals surface area contributed by atoms with E-state index in [9.17, 15) is 13.6 Å². The summed E-state index contributed by atoms with van der Waals surface area (Å²) in [7, 11) is 0. The van der Waals surface area contributed by atoms with E-state index >= 15 is 0 Å². The number of carboxylic acid groups (broad SMARTS) is 1. The van der Waals surface area contributed by atoms with E-state index in [0.717, 1.165) is 17.3 Å². The Balaban J connectivity index is 2.12. The Kier molecular flexibility index (Phi) is 3.98. The molecule has 0 heterocycles. The molecular formula is C15H13F2NO2. The highest BCUT2D eigenvalue weighted by atomic mass is 19.1. The number of anilines is 1. The Morgan fingerprint density at radius 3 is 2.35 bits per heavy atom. The molecule has 0 bridgehead atoms. The largest absolute Gasteiger partial charge is 0.478 e. The van der Waals surface area contributed by atoms with E-state index in [-0.39, 0.29) is 12.1 Å². The van der Waals surface area contributed by atoms with Crippen LogP contribution in [0, 0.1) is 18.6 Å². The molecule has 0 atom stereocenters. The Hall–Kier alpha value is -2.43. The van der Waals surface area contributed by atoms with Crippen LogP contribution in [0.5, 0.6) is 0 Å². The van der Waals surface area contributed by atoms with Crippen molar-refractivity contribution in [1.29, 1.82) is 0 Å². The third kappa shape index (κ3) is 3.32. The minimum absolute atomic E-state index is 0.199. The molecule has 0 fully saturated rings. The fraction of sp³-hybridized carbons (Fsp3) is 0.133.